The lowest BCUT2D eigenvalue weighted by Crippen LogP contribution is -2.38. The predicted molar refractivity (Wildman–Crippen MR) is 96.7 cm³/mol. The van der Waals surface area contributed by atoms with Gasteiger partial charge >= 0.3 is 0 Å². The number of nitrogens with one attached hydrogen (secondary N) is 1. The first kappa shape index (κ1) is 16.5. The van der Waals surface area contributed by atoms with Crippen LogP contribution in [0.5, 0.6) is 0 Å². The van der Waals surface area contributed by atoms with Crippen LogP contribution in [0.4, 0.5) is 11.5 Å². The van der Waals surface area contributed by atoms with E-state index in [0.29, 0.717) is 5.56 Å². The first-order valence-corrected chi connectivity index (χ1v) is 8.62. The van der Waals surface area contributed by atoms with Crippen molar-refractivity contribution in [3.8, 4) is 6.07 Å². The van der Waals surface area contributed by atoms with Crippen molar-refractivity contribution >= 4 is 33.3 Å². The summed E-state index contributed by atoms with van der Waals surface area (Å²) in [5.74, 6) is 0.953. The number of nitrogens with zero attached hydrogens (tertiary/aromatic N) is 3. The van der Waals surface area contributed by atoms with Crippen LogP contribution in [0.2, 0.25) is 0 Å². The van der Waals surface area contributed by atoms with Crippen LogP contribution in [0.25, 0.3) is 0 Å². The lowest BCUT2D eigenvalue weighted by Gasteiger charge is -2.32. The molecule has 0 bridgehead atoms. The number of carbonyl (C=O) groups is 1. The number of nitriles is 1. The van der Waals surface area contributed by atoms with E-state index in [1.165, 1.54) is 0 Å². The van der Waals surface area contributed by atoms with Crippen molar-refractivity contribution in [3.05, 3.63) is 52.6 Å². The Bertz CT molecular complexity index is 744. The average molecular weight is 385 g/mol. The summed E-state index contributed by atoms with van der Waals surface area (Å²) in [7, 11) is 0. The fourth-order valence-corrected chi connectivity index (χ4v) is 3.05. The fraction of sp³-hybridized carbons (Fsp3) is 0.278. The highest BCUT2D eigenvalue weighted by atomic mass is 79.9. The van der Waals surface area contributed by atoms with Crippen molar-refractivity contribution in [1.29, 1.82) is 5.26 Å². The van der Waals surface area contributed by atoms with E-state index in [4.69, 9.17) is 5.26 Å². The molecule has 6 heteroatoms. The molecule has 1 fully saturated rings. The third-order valence-electron chi connectivity index (χ3n) is 4.18. The second kappa shape index (κ2) is 7.45. The number of anilines is 2. The van der Waals surface area contributed by atoms with Crippen molar-refractivity contribution in [2.24, 2.45) is 5.92 Å². The summed E-state index contributed by atoms with van der Waals surface area (Å²) >= 11 is 3.38. The van der Waals surface area contributed by atoms with E-state index in [9.17, 15) is 4.79 Å². The van der Waals surface area contributed by atoms with Crippen molar-refractivity contribution in [1.82, 2.24) is 4.98 Å². The van der Waals surface area contributed by atoms with Crippen LogP contribution in [0, 0.1) is 17.2 Å². The third kappa shape index (κ3) is 3.92. The molecule has 5 nitrogen and oxygen atoms in total. The first-order valence-electron chi connectivity index (χ1n) is 7.83. The normalized spacial score (nSPS) is 14.9. The molecule has 1 aliphatic rings. The quantitative estimate of drug-likeness (QED) is 0.877. The molecule has 2 heterocycles. The van der Waals surface area contributed by atoms with Crippen LogP contribution in [0.15, 0.2) is 47.1 Å². The monoisotopic (exact) mass is 384 g/mol. The highest BCUT2D eigenvalue weighted by Crippen LogP contribution is 2.23. The number of aromatic nitrogens is 1. The van der Waals surface area contributed by atoms with E-state index in [1.807, 2.05) is 30.3 Å². The maximum atomic E-state index is 12.4. The third-order valence-corrected chi connectivity index (χ3v) is 4.71. The fourth-order valence-electron chi connectivity index (χ4n) is 2.79. The largest absolute Gasteiger partial charge is 0.357 e. The van der Waals surface area contributed by atoms with E-state index in [2.05, 4.69) is 37.2 Å². The number of carbonyl (C=O) groups excluding carboxylic acids is 1. The average Bonchev–Trinajstić information content (AvgIpc) is 2.64. The van der Waals surface area contributed by atoms with E-state index >= 15 is 0 Å². The SMILES string of the molecule is N#Cc1ccc(N2CCC(C(=O)Nc3ccc(Br)cc3)CC2)nc1. The number of benzene rings is 1. The zero-order valence-corrected chi connectivity index (χ0v) is 14.7. The van der Waals surface area contributed by atoms with Gasteiger partial charge in [0.2, 0.25) is 5.91 Å². The van der Waals surface area contributed by atoms with Gasteiger partial charge in [0.1, 0.15) is 11.9 Å². The lowest BCUT2D eigenvalue weighted by atomic mass is 9.95. The summed E-state index contributed by atoms with van der Waals surface area (Å²) in [5.41, 5.74) is 1.38. The number of amides is 1. The Morgan fingerprint density at radius 3 is 2.50 bits per heavy atom. The van der Waals surface area contributed by atoms with Gasteiger partial charge in [0.05, 0.1) is 5.56 Å². The van der Waals surface area contributed by atoms with E-state index < -0.39 is 0 Å². The Morgan fingerprint density at radius 2 is 1.92 bits per heavy atom. The minimum Gasteiger partial charge on any atom is -0.357 e. The van der Waals surface area contributed by atoms with E-state index in [1.54, 1.807) is 12.3 Å². The molecule has 122 valence electrons. The summed E-state index contributed by atoms with van der Waals surface area (Å²) in [6.07, 6.45) is 3.18. The highest BCUT2D eigenvalue weighted by molar-refractivity contribution is 9.10. The Hall–Kier alpha value is -2.39. The molecule has 24 heavy (non-hydrogen) atoms. The van der Waals surface area contributed by atoms with Gasteiger partial charge in [-0.25, -0.2) is 4.98 Å². The standard InChI is InChI=1S/C18H17BrN4O/c19-15-2-4-16(5-3-15)22-18(24)14-7-9-23(10-8-14)17-6-1-13(11-20)12-21-17/h1-6,12,14H,7-10H2,(H,22,24). The van der Waals surface area contributed by atoms with Crippen molar-refractivity contribution in [2.75, 3.05) is 23.3 Å². The van der Waals surface area contributed by atoms with Gasteiger partial charge in [-0.1, -0.05) is 15.9 Å². The molecule has 1 saturated heterocycles. The van der Waals surface area contributed by atoms with Crippen molar-refractivity contribution < 1.29 is 4.79 Å². The van der Waals surface area contributed by atoms with Gasteiger partial charge in [0, 0.05) is 35.4 Å². The molecule has 0 aliphatic carbocycles. The molecule has 1 amide bonds. The molecule has 0 saturated carbocycles. The van der Waals surface area contributed by atoms with Gasteiger partial charge in [0.15, 0.2) is 0 Å². The van der Waals surface area contributed by atoms with Gasteiger partial charge in [-0.3, -0.25) is 4.79 Å². The Labute approximate surface area is 149 Å². The summed E-state index contributed by atoms with van der Waals surface area (Å²) in [6, 6.07) is 13.3. The summed E-state index contributed by atoms with van der Waals surface area (Å²) in [4.78, 5) is 18.9. The van der Waals surface area contributed by atoms with Crippen LogP contribution in [0.1, 0.15) is 18.4 Å². The molecule has 1 N–H and O–H groups in total. The molecular weight excluding hydrogens is 368 g/mol. The van der Waals surface area contributed by atoms with Crippen LogP contribution in [0.3, 0.4) is 0 Å². The second-order valence-electron chi connectivity index (χ2n) is 5.77. The van der Waals surface area contributed by atoms with Crippen LogP contribution in [-0.4, -0.2) is 24.0 Å². The van der Waals surface area contributed by atoms with Crippen LogP contribution < -0.4 is 10.2 Å². The second-order valence-corrected chi connectivity index (χ2v) is 6.69. The van der Waals surface area contributed by atoms with Gasteiger partial charge in [0.25, 0.3) is 0 Å². The number of hydrogen-bond donors (Lipinski definition) is 1. The summed E-state index contributed by atoms with van der Waals surface area (Å²) in [5, 5.41) is 11.8. The zero-order valence-electron chi connectivity index (χ0n) is 13.1. The molecule has 3 rings (SSSR count). The summed E-state index contributed by atoms with van der Waals surface area (Å²) in [6.45, 7) is 1.58. The van der Waals surface area contributed by atoms with E-state index in [-0.39, 0.29) is 11.8 Å². The topological polar surface area (TPSA) is 69.0 Å². The molecule has 2 aromatic rings. The lowest BCUT2D eigenvalue weighted by molar-refractivity contribution is -0.120. The number of hydrogen-bond acceptors (Lipinski definition) is 4. The van der Waals surface area contributed by atoms with Crippen LogP contribution >= 0.6 is 15.9 Å². The molecule has 0 atom stereocenters. The van der Waals surface area contributed by atoms with Crippen molar-refractivity contribution in [3.63, 3.8) is 0 Å². The Kier molecular flexibility index (Phi) is 5.11. The van der Waals surface area contributed by atoms with Gasteiger partial charge in [-0.2, -0.15) is 5.26 Å². The molecule has 1 aromatic carbocycles. The molecule has 0 radical (unpaired) electrons. The Balaban J connectivity index is 1.55. The molecule has 1 aromatic heterocycles. The highest BCUT2D eigenvalue weighted by Gasteiger charge is 2.25. The van der Waals surface area contributed by atoms with Gasteiger partial charge in [-0.15, -0.1) is 0 Å². The smallest absolute Gasteiger partial charge is 0.227 e. The van der Waals surface area contributed by atoms with Gasteiger partial charge < -0.3 is 10.2 Å². The maximum Gasteiger partial charge on any atom is 0.227 e. The molecule has 0 spiro atoms. The van der Waals surface area contributed by atoms with Gasteiger partial charge in [-0.05, 0) is 49.2 Å². The minimum absolute atomic E-state index is 0.0169. The molecular formula is C18H17BrN4O. The molecule has 0 unspecified atom stereocenters. The summed E-state index contributed by atoms with van der Waals surface area (Å²) < 4.78 is 0.990. The number of halogens is 1. The number of rotatable bonds is 3. The Morgan fingerprint density at radius 1 is 1.21 bits per heavy atom. The molecule has 1 aliphatic heterocycles. The predicted octanol–water partition coefficient (Wildman–Crippen LogP) is 3.57. The zero-order chi connectivity index (χ0) is 16.9. The number of piperidine rings is 1. The van der Waals surface area contributed by atoms with Crippen LogP contribution in [-0.2, 0) is 4.79 Å². The van der Waals surface area contributed by atoms with E-state index in [0.717, 1.165) is 41.9 Å². The first-order chi connectivity index (χ1) is 11.7. The minimum atomic E-state index is 0.0169. The maximum absolute atomic E-state index is 12.4. The number of pyridine rings is 1. The van der Waals surface area contributed by atoms with Crippen molar-refractivity contribution in [2.45, 2.75) is 12.8 Å².